The molecule has 2 aliphatic heterocycles. The molecule has 0 radical (unpaired) electrons. The van der Waals surface area contributed by atoms with Gasteiger partial charge in [-0.05, 0) is 68.7 Å². The van der Waals surface area contributed by atoms with E-state index in [-0.39, 0.29) is 42.9 Å². The number of hydrogen-bond donors (Lipinski definition) is 3. The number of ether oxygens (including phenoxy) is 1. The van der Waals surface area contributed by atoms with Crippen molar-refractivity contribution in [1.29, 1.82) is 0 Å². The van der Waals surface area contributed by atoms with E-state index < -0.39 is 74.4 Å². The number of sulfonamides is 1. The standard InChI is InChI=1S/C37H44FN7O8S/c1-4-27-35(41-29-15-23(38)11-14-28(29)40-27)52-25-17-30-34(48)42-37(36(49)43-54(50,51)26-12-13-26)18-22(37)9-7-5-6-8-10-24(16-31(46)44(30)19-25)45-32(33(39)47)20(2)21(3)53-45/h7,9,11,14-15,22,24-26,30H,4-6,8,10,12-13,16-19H2,1-3H3,(H3-,39,42,43,47,48,49)/p+1. The zero-order chi connectivity index (χ0) is 38.5. The van der Waals surface area contributed by atoms with Gasteiger partial charge in [-0.3, -0.25) is 23.9 Å². The zero-order valence-electron chi connectivity index (χ0n) is 30.5. The van der Waals surface area contributed by atoms with Gasteiger partial charge in [-0.1, -0.05) is 19.1 Å². The van der Waals surface area contributed by atoms with Crippen molar-refractivity contribution in [1.82, 2.24) is 24.9 Å². The summed E-state index contributed by atoms with van der Waals surface area (Å²) in [6.45, 7) is 5.26. The number of nitrogens with two attached hydrogens (primary N) is 1. The van der Waals surface area contributed by atoms with Crippen molar-refractivity contribution < 1.29 is 46.0 Å². The lowest BCUT2D eigenvalue weighted by Crippen LogP contribution is -2.57. The van der Waals surface area contributed by atoms with Gasteiger partial charge in [0, 0.05) is 31.7 Å². The smallest absolute Gasteiger partial charge is 0.322 e. The summed E-state index contributed by atoms with van der Waals surface area (Å²) in [5.74, 6) is -2.91. The van der Waals surface area contributed by atoms with E-state index in [0.29, 0.717) is 67.5 Å². The summed E-state index contributed by atoms with van der Waals surface area (Å²) in [6, 6.07) is 2.32. The molecule has 2 saturated carbocycles. The van der Waals surface area contributed by atoms with E-state index in [1.54, 1.807) is 13.8 Å². The average Bonchev–Trinajstić information content (AvgIpc) is 4.02. The molecule has 5 unspecified atom stereocenters. The van der Waals surface area contributed by atoms with Gasteiger partial charge in [-0.15, -0.1) is 0 Å². The first kappa shape index (κ1) is 37.4. The molecule has 4 heterocycles. The lowest BCUT2D eigenvalue weighted by molar-refractivity contribution is -0.884. The van der Waals surface area contributed by atoms with Crippen molar-refractivity contribution in [2.24, 2.45) is 11.7 Å². The predicted molar refractivity (Wildman–Crippen MR) is 191 cm³/mol. The van der Waals surface area contributed by atoms with Crippen LogP contribution in [0.15, 0.2) is 34.9 Å². The molecule has 288 valence electrons. The van der Waals surface area contributed by atoms with Crippen molar-refractivity contribution in [3.8, 4) is 5.88 Å². The highest BCUT2D eigenvalue weighted by Crippen LogP contribution is 2.46. The number of nitrogens with zero attached hydrogens (tertiary/aromatic N) is 4. The van der Waals surface area contributed by atoms with Crippen molar-refractivity contribution >= 4 is 44.7 Å². The quantitative estimate of drug-likeness (QED) is 0.226. The van der Waals surface area contributed by atoms with E-state index in [1.807, 2.05) is 19.1 Å². The number of aromatic nitrogens is 3. The Kier molecular flexibility index (Phi) is 9.95. The van der Waals surface area contributed by atoms with Gasteiger partial charge in [0.2, 0.25) is 33.8 Å². The summed E-state index contributed by atoms with van der Waals surface area (Å²) in [5, 5.41) is 2.21. The normalized spacial score (nSPS) is 26.3. The number of amides is 4. The molecule has 54 heavy (non-hydrogen) atoms. The number of fused-ring (bicyclic) bond motifs is 3. The van der Waals surface area contributed by atoms with E-state index >= 15 is 0 Å². The van der Waals surface area contributed by atoms with Crippen LogP contribution in [0.2, 0.25) is 0 Å². The molecular weight excluding hydrogens is 722 g/mol. The Morgan fingerprint density at radius 2 is 1.94 bits per heavy atom. The second kappa shape index (κ2) is 14.4. The third kappa shape index (κ3) is 7.29. The lowest BCUT2D eigenvalue weighted by atomic mass is 10.0. The fraction of sp³-hybridized carbons (Fsp3) is 0.541. The van der Waals surface area contributed by atoms with Gasteiger partial charge in [0.15, 0.2) is 5.76 Å². The van der Waals surface area contributed by atoms with Crippen LogP contribution in [0, 0.1) is 25.6 Å². The molecule has 2 aliphatic carbocycles. The molecule has 3 aromatic rings. The van der Waals surface area contributed by atoms with Crippen molar-refractivity contribution in [2.75, 3.05) is 6.54 Å². The Bertz CT molecular complexity index is 2170. The Morgan fingerprint density at radius 3 is 2.67 bits per heavy atom. The molecule has 3 fully saturated rings. The Morgan fingerprint density at radius 1 is 1.17 bits per heavy atom. The molecule has 7 rings (SSSR count). The van der Waals surface area contributed by atoms with Crippen molar-refractivity contribution in [3.63, 3.8) is 0 Å². The van der Waals surface area contributed by atoms with Gasteiger partial charge in [0.05, 0.1) is 34.8 Å². The highest BCUT2D eigenvalue weighted by Gasteiger charge is 2.62. The first-order chi connectivity index (χ1) is 25.7. The zero-order valence-corrected chi connectivity index (χ0v) is 31.3. The molecule has 4 N–H and O–H groups in total. The second-order valence-corrected chi connectivity index (χ2v) is 16.8. The molecule has 4 aliphatic rings. The molecule has 15 nitrogen and oxygen atoms in total. The maximum absolute atomic E-state index is 14.4. The number of aryl methyl sites for hydroxylation is 2. The van der Waals surface area contributed by atoms with Gasteiger partial charge in [0.25, 0.3) is 5.91 Å². The monoisotopic (exact) mass is 766 g/mol. The van der Waals surface area contributed by atoms with Crippen LogP contribution in [0.4, 0.5) is 4.39 Å². The lowest BCUT2D eigenvalue weighted by Gasteiger charge is -2.27. The number of carbonyl (C=O) groups is 4. The minimum absolute atomic E-state index is 0.00544. The predicted octanol–water partition coefficient (Wildman–Crippen LogP) is 2.52. The fourth-order valence-corrected chi connectivity index (χ4v) is 8.94. The van der Waals surface area contributed by atoms with E-state index in [9.17, 15) is 32.0 Å². The first-order valence-corrected chi connectivity index (χ1v) is 20.0. The SMILES string of the molecule is CCc1nc2ccc(F)cc2nc1OC1CC2C(=O)NC3(C(=O)NS(=O)(=O)C4CC4)CC3C=CCCCCC([n+]3oc(C)c(C)c3C(N)=O)CC(=O)N2C1. The number of benzene rings is 1. The molecule has 4 amide bonds. The number of halogens is 1. The molecule has 0 bridgehead atoms. The summed E-state index contributed by atoms with van der Waals surface area (Å²) >= 11 is 0. The second-order valence-electron chi connectivity index (χ2n) is 14.8. The fourth-order valence-electron chi connectivity index (χ4n) is 7.57. The molecule has 2 aromatic heterocycles. The van der Waals surface area contributed by atoms with Gasteiger partial charge >= 0.3 is 11.6 Å². The van der Waals surface area contributed by atoms with Crippen LogP contribution < -0.4 is 25.2 Å². The van der Waals surface area contributed by atoms with Crippen molar-refractivity contribution in [3.05, 3.63) is 58.9 Å². The number of nitrogens with one attached hydrogen (secondary N) is 2. The third-order valence-electron chi connectivity index (χ3n) is 11.0. The van der Waals surface area contributed by atoms with Crippen LogP contribution >= 0.6 is 0 Å². The van der Waals surface area contributed by atoms with Crippen LogP contribution in [0.1, 0.15) is 98.3 Å². The molecular formula is C37H45FN7O8S+. The summed E-state index contributed by atoms with van der Waals surface area (Å²) in [5.41, 5.74) is 6.25. The Balaban J connectivity index is 1.22. The Hall–Kier alpha value is -4.93. The topological polar surface area (TPSA) is 208 Å². The van der Waals surface area contributed by atoms with Crippen LogP contribution in [-0.2, 0) is 30.8 Å². The largest absolute Gasteiger partial charge is 0.471 e. The number of hydrogen-bond acceptors (Lipinski definition) is 10. The van der Waals surface area contributed by atoms with Crippen LogP contribution in [0.3, 0.4) is 0 Å². The number of carbonyl (C=O) groups excluding carboxylic acids is 4. The highest BCUT2D eigenvalue weighted by atomic mass is 32.2. The van der Waals surface area contributed by atoms with Gasteiger partial charge < -0.3 is 20.7 Å². The van der Waals surface area contributed by atoms with Gasteiger partial charge in [0.1, 0.15) is 29.2 Å². The summed E-state index contributed by atoms with van der Waals surface area (Å²) in [7, 11) is -3.91. The summed E-state index contributed by atoms with van der Waals surface area (Å²) in [4.78, 5) is 65.6. The molecule has 1 aromatic carbocycles. The number of rotatable bonds is 8. The summed E-state index contributed by atoms with van der Waals surface area (Å²) in [6.07, 6.45) is 6.83. The maximum Gasteiger partial charge on any atom is 0.322 e. The number of allylic oxidation sites excluding steroid dienone is 1. The summed E-state index contributed by atoms with van der Waals surface area (Å²) < 4.78 is 55.7. The number of primary amides is 1. The highest BCUT2D eigenvalue weighted by molar-refractivity contribution is 7.91. The van der Waals surface area contributed by atoms with Gasteiger partial charge in [-0.25, -0.2) is 27.3 Å². The third-order valence-corrected chi connectivity index (χ3v) is 12.8. The van der Waals surface area contributed by atoms with E-state index in [2.05, 4.69) is 20.0 Å². The minimum Gasteiger partial charge on any atom is -0.471 e. The van der Waals surface area contributed by atoms with E-state index in [0.717, 1.165) is 0 Å². The molecule has 5 atom stereocenters. The average molecular weight is 767 g/mol. The maximum atomic E-state index is 14.4. The van der Waals surface area contributed by atoms with E-state index in [4.69, 9.17) is 15.0 Å². The van der Waals surface area contributed by atoms with Crippen LogP contribution in [0.25, 0.3) is 11.0 Å². The molecule has 0 spiro atoms. The minimum atomic E-state index is -3.91. The van der Waals surface area contributed by atoms with Crippen LogP contribution in [-0.4, -0.2) is 76.4 Å². The van der Waals surface area contributed by atoms with Crippen LogP contribution in [0.5, 0.6) is 5.88 Å². The van der Waals surface area contributed by atoms with Gasteiger partial charge in [-0.2, -0.15) is 0 Å². The molecule has 17 heteroatoms. The molecule has 1 saturated heterocycles. The van der Waals surface area contributed by atoms with E-state index in [1.165, 1.54) is 27.8 Å². The Labute approximate surface area is 311 Å². The first-order valence-electron chi connectivity index (χ1n) is 18.5. The van der Waals surface area contributed by atoms with Crippen molar-refractivity contribution in [2.45, 2.75) is 114 Å².